The third-order valence-electron chi connectivity index (χ3n) is 5.86. The Morgan fingerprint density at radius 3 is 2.56 bits per heavy atom. The number of fused-ring (bicyclic) bond motifs is 2. The summed E-state index contributed by atoms with van der Waals surface area (Å²) >= 11 is 5.84. The van der Waals surface area contributed by atoms with Crippen molar-refractivity contribution in [1.82, 2.24) is 4.98 Å². The number of halogens is 2. The van der Waals surface area contributed by atoms with Gasteiger partial charge >= 0.3 is 5.97 Å². The Kier molecular flexibility index (Phi) is 5.45. The first kappa shape index (κ1) is 21.9. The molecule has 5 rings (SSSR count). The molecule has 0 bridgehead atoms. The van der Waals surface area contributed by atoms with Crippen LogP contribution in [0.1, 0.15) is 40.1 Å². The van der Waals surface area contributed by atoms with E-state index in [9.17, 15) is 19.1 Å². The third-order valence-corrected chi connectivity index (χ3v) is 6.07. The second-order valence-electron chi connectivity index (χ2n) is 8.15. The molecule has 1 unspecified atom stereocenters. The minimum atomic E-state index is -1.26. The molecule has 1 atom stereocenters. The number of rotatable bonds is 5. The Bertz CT molecular complexity index is 1480. The SMILES string of the molecule is CC(Nc1ccc(Cl)nc1C(=O)O)c1cc(F)cc2c(=O)cc(N3Cc4ccccc4C3)oc12. The zero-order valence-corrected chi connectivity index (χ0v) is 18.8. The van der Waals surface area contributed by atoms with Gasteiger partial charge in [-0.2, -0.15) is 0 Å². The quantitative estimate of drug-likeness (QED) is 0.371. The van der Waals surface area contributed by atoms with E-state index < -0.39 is 17.8 Å². The van der Waals surface area contributed by atoms with Crippen LogP contribution in [0.3, 0.4) is 0 Å². The molecule has 9 heteroatoms. The van der Waals surface area contributed by atoms with E-state index in [-0.39, 0.29) is 32.9 Å². The average Bonchev–Trinajstić information content (AvgIpc) is 3.24. The van der Waals surface area contributed by atoms with Gasteiger partial charge < -0.3 is 19.7 Å². The van der Waals surface area contributed by atoms with Crippen LogP contribution < -0.4 is 15.6 Å². The van der Waals surface area contributed by atoms with E-state index in [0.29, 0.717) is 24.5 Å². The summed E-state index contributed by atoms with van der Waals surface area (Å²) in [5.41, 5.74) is 2.48. The Morgan fingerprint density at radius 2 is 1.88 bits per heavy atom. The van der Waals surface area contributed by atoms with Gasteiger partial charge in [0.05, 0.1) is 17.1 Å². The van der Waals surface area contributed by atoms with Crippen LogP contribution in [-0.4, -0.2) is 16.1 Å². The van der Waals surface area contributed by atoms with Crippen LogP contribution in [0.4, 0.5) is 16.0 Å². The topological polar surface area (TPSA) is 95.7 Å². The molecule has 0 spiro atoms. The third kappa shape index (κ3) is 3.97. The number of aromatic nitrogens is 1. The lowest BCUT2D eigenvalue weighted by molar-refractivity contribution is 0.0691. The zero-order chi connectivity index (χ0) is 24.0. The van der Waals surface area contributed by atoms with Crippen molar-refractivity contribution in [2.45, 2.75) is 26.1 Å². The number of hydrogen-bond acceptors (Lipinski definition) is 6. The lowest BCUT2D eigenvalue weighted by Crippen LogP contribution is -2.18. The number of carbonyl (C=O) groups is 1. The fourth-order valence-corrected chi connectivity index (χ4v) is 4.38. The van der Waals surface area contributed by atoms with Crippen molar-refractivity contribution in [3.05, 3.63) is 98.2 Å². The molecule has 0 fully saturated rings. The van der Waals surface area contributed by atoms with Crippen LogP contribution in [0, 0.1) is 5.82 Å². The largest absolute Gasteiger partial charge is 0.476 e. The number of nitrogens with one attached hydrogen (secondary N) is 1. The van der Waals surface area contributed by atoms with E-state index in [1.165, 1.54) is 24.3 Å². The summed E-state index contributed by atoms with van der Waals surface area (Å²) in [4.78, 5) is 30.3. The highest BCUT2D eigenvalue weighted by molar-refractivity contribution is 6.29. The number of carboxylic acids is 1. The fraction of sp³-hybridized carbons (Fsp3) is 0.160. The lowest BCUT2D eigenvalue weighted by atomic mass is 10.0. The summed E-state index contributed by atoms with van der Waals surface area (Å²) in [6, 6.07) is 14.1. The van der Waals surface area contributed by atoms with Crippen LogP contribution in [0.15, 0.2) is 63.8 Å². The minimum absolute atomic E-state index is 0.0362. The maximum absolute atomic E-state index is 14.5. The Balaban J connectivity index is 1.56. The standard InChI is InChI=1S/C25H19ClFN3O4/c1-13(28-19-6-7-21(26)29-23(19)25(32)33)17-8-16(27)9-18-20(31)10-22(34-24(17)18)30-11-14-4-2-3-5-15(14)12-30/h2-10,13,28H,11-12H2,1H3,(H,32,33). The first-order chi connectivity index (χ1) is 16.3. The number of hydrogen-bond donors (Lipinski definition) is 2. The average molecular weight is 480 g/mol. The summed E-state index contributed by atoms with van der Waals surface area (Å²) in [6.07, 6.45) is 0. The van der Waals surface area contributed by atoms with Crippen molar-refractivity contribution in [3.63, 3.8) is 0 Å². The van der Waals surface area contributed by atoms with Crippen LogP contribution in [0.2, 0.25) is 5.15 Å². The first-order valence-electron chi connectivity index (χ1n) is 10.6. The van der Waals surface area contributed by atoms with E-state index in [1.54, 1.807) is 6.92 Å². The summed E-state index contributed by atoms with van der Waals surface area (Å²) in [5, 5.41) is 12.6. The maximum Gasteiger partial charge on any atom is 0.356 e. The fourth-order valence-electron chi connectivity index (χ4n) is 4.23. The molecule has 3 heterocycles. The van der Waals surface area contributed by atoms with Crippen LogP contribution in [0.25, 0.3) is 11.0 Å². The Labute approximate surface area is 198 Å². The molecule has 2 aromatic heterocycles. The van der Waals surface area contributed by atoms with E-state index in [1.807, 2.05) is 29.2 Å². The summed E-state index contributed by atoms with van der Waals surface area (Å²) in [5.74, 6) is -1.48. The number of aromatic carboxylic acids is 1. The van der Waals surface area contributed by atoms with Crippen molar-refractivity contribution in [2.24, 2.45) is 0 Å². The summed E-state index contributed by atoms with van der Waals surface area (Å²) in [7, 11) is 0. The van der Waals surface area contributed by atoms with E-state index in [2.05, 4.69) is 10.3 Å². The smallest absolute Gasteiger partial charge is 0.356 e. The van der Waals surface area contributed by atoms with Gasteiger partial charge in [-0.05, 0) is 42.3 Å². The Hall–Kier alpha value is -3.91. The van der Waals surface area contributed by atoms with Crippen molar-refractivity contribution in [1.29, 1.82) is 0 Å². The molecule has 1 aliphatic rings. The number of pyridine rings is 1. The van der Waals surface area contributed by atoms with E-state index in [0.717, 1.165) is 17.2 Å². The molecule has 0 saturated heterocycles. The molecule has 2 N–H and O–H groups in total. The molecular formula is C25H19ClFN3O4. The van der Waals surface area contributed by atoms with Gasteiger partial charge in [0.2, 0.25) is 5.88 Å². The highest BCUT2D eigenvalue weighted by Gasteiger charge is 2.24. The predicted octanol–water partition coefficient (Wildman–Crippen LogP) is 5.37. The molecule has 0 aliphatic carbocycles. The van der Waals surface area contributed by atoms with Crippen molar-refractivity contribution >= 4 is 40.1 Å². The molecule has 0 amide bonds. The number of carboxylic acid groups (broad SMARTS) is 1. The molecule has 172 valence electrons. The van der Waals surface area contributed by atoms with Crippen LogP contribution in [-0.2, 0) is 13.1 Å². The first-order valence-corrected chi connectivity index (χ1v) is 10.9. The van der Waals surface area contributed by atoms with Crippen molar-refractivity contribution in [3.8, 4) is 0 Å². The van der Waals surface area contributed by atoms with Crippen molar-refractivity contribution < 1.29 is 18.7 Å². The van der Waals surface area contributed by atoms with Gasteiger partial charge in [0.25, 0.3) is 0 Å². The molecule has 1 aliphatic heterocycles. The van der Waals surface area contributed by atoms with Gasteiger partial charge in [0, 0.05) is 24.7 Å². The monoisotopic (exact) mass is 479 g/mol. The predicted molar refractivity (Wildman–Crippen MR) is 127 cm³/mol. The second kappa shape index (κ2) is 8.46. The highest BCUT2D eigenvalue weighted by Crippen LogP contribution is 2.33. The normalized spacial score (nSPS) is 13.7. The lowest BCUT2D eigenvalue weighted by Gasteiger charge is -2.20. The molecule has 0 saturated carbocycles. The number of benzene rings is 2. The van der Waals surface area contributed by atoms with Gasteiger partial charge in [-0.25, -0.2) is 14.2 Å². The molecule has 0 radical (unpaired) electrons. The minimum Gasteiger partial charge on any atom is -0.476 e. The molecule has 34 heavy (non-hydrogen) atoms. The van der Waals surface area contributed by atoms with Gasteiger partial charge in [0.1, 0.15) is 16.6 Å². The Morgan fingerprint density at radius 1 is 1.18 bits per heavy atom. The van der Waals surface area contributed by atoms with Gasteiger partial charge in [0.15, 0.2) is 11.1 Å². The molecule has 2 aromatic carbocycles. The zero-order valence-electron chi connectivity index (χ0n) is 18.0. The van der Waals surface area contributed by atoms with E-state index >= 15 is 0 Å². The van der Waals surface area contributed by atoms with Gasteiger partial charge in [-0.1, -0.05) is 35.9 Å². The second-order valence-corrected chi connectivity index (χ2v) is 8.53. The summed E-state index contributed by atoms with van der Waals surface area (Å²) < 4.78 is 20.6. The summed E-state index contributed by atoms with van der Waals surface area (Å²) in [6.45, 7) is 2.90. The van der Waals surface area contributed by atoms with Gasteiger partial charge in [-0.3, -0.25) is 4.79 Å². The van der Waals surface area contributed by atoms with Crippen LogP contribution >= 0.6 is 11.6 Å². The maximum atomic E-state index is 14.5. The highest BCUT2D eigenvalue weighted by atomic mass is 35.5. The number of anilines is 2. The molecule has 4 aromatic rings. The van der Waals surface area contributed by atoms with Crippen LogP contribution in [0.5, 0.6) is 0 Å². The van der Waals surface area contributed by atoms with E-state index in [4.69, 9.17) is 16.0 Å². The molecule has 7 nitrogen and oxygen atoms in total. The molecular weight excluding hydrogens is 461 g/mol. The number of nitrogens with zero attached hydrogens (tertiary/aromatic N) is 2. The van der Waals surface area contributed by atoms with Gasteiger partial charge in [-0.15, -0.1) is 0 Å². The van der Waals surface area contributed by atoms with Crippen molar-refractivity contribution in [2.75, 3.05) is 10.2 Å².